The van der Waals surface area contributed by atoms with Crippen molar-refractivity contribution in [3.63, 3.8) is 0 Å². The first-order valence-corrected chi connectivity index (χ1v) is 12.7. The van der Waals surface area contributed by atoms with Crippen LogP contribution in [0.15, 0.2) is 84.9 Å². The molecule has 0 bridgehead atoms. The fraction of sp³-hybridized carbons (Fsp3) is 0.0714. The lowest BCUT2D eigenvalue weighted by atomic mass is 10.2. The summed E-state index contributed by atoms with van der Waals surface area (Å²) in [5.41, 5.74) is -3.97. The van der Waals surface area contributed by atoms with Crippen molar-refractivity contribution < 1.29 is 47.6 Å². The highest BCUT2D eigenvalue weighted by molar-refractivity contribution is 6.14. The van der Waals surface area contributed by atoms with E-state index in [1.807, 2.05) is 0 Å². The van der Waals surface area contributed by atoms with Crippen LogP contribution in [0.1, 0.15) is 5.56 Å². The van der Waals surface area contributed by atoms with Crippen LogP contribution in [0.5, 0.6) is 17.2 Å². The van der Waals surface area contributed by atoms with Gasteiger partial charge in [0.25, 0.3) is 11.4 Å². The molecule has 0 atom stereocenters. The van der Waals surface area contributed by atoms with Crippen molar-refractivity contribution in [3.8, 4) is 17.2 Å². The second kappa shape index (κ2) is 13.0. The number of non-ortho nitro benzene ring substituents is 2. The number of hydrogen-bond acceptors (Lipinski definition) is 9. The lowest BCUT2D eigenvalue weighted by Crippen LogP contribution is -2.54. The number of hydrogen-bond donors (Lipinski definition) is 4. The van der Waals surface area contributed by atoms with E-state index >= 15 is 0 Å². The van der Waals surface area contributed by atoms with Gasteiger partial charge in [0.05, 0.1) is 34.7 Å². The largest absolute Gasteiger partial charge is 0.505 e. The number of phenolic OH excluding ortho intramolecular Hbond substituents is 2. The van der Waals surface area contributed by atoms with Crippen LogP contribution in [0.2, 0.25) is 0 Å². The Kier molecular flexibility index (Phi) is 9.11. The maximum Gasteiger partial charge on any atom is 0.416 e. The molecule has 4 rings (SSSR count). The molecule has 0 saturated heterocycles. The van der Waals surface area contributed by atoms with Crippen molar-refractivity contribution in [1.82, 2.24) is 0 Å². The Bertz CT molecular complexity index is 1840. The van der Waals surface area contributed by atoms with Crippen molar-refractivity contribution in [2.75, 3.05) is 27.8 Å². The van der Waals surface area contributed by atoms with Gasteiger partial charge >= 0.3 is 18.2 Å². The number of carbonyl (C=O) groups is 2. The Labute approximate surface area is 255 Å². The minimum Gasteiger partial charge on any atom is -0.505 e. The number of nitro benzene ring substituents is 2. The number of amides is 4. The molecule has 4 aromatic rings. The third-order valence-electron chi connectivity index (χ3n) is 6.14. The standard InChI is InChI=1S/C28H21F3N6O9/c1-46-21-7-3-6-18(13-21)33-27(41)35(23-11-9-20(37(44)45)15-25(23)39)34(22-10-8-19(36(42)43)14-24(22)38)26(40)32-17-5-2-4-16(12-17)28(29,30)31/h2-15,38-39H,1H3,(H,32,40)(H,33,41). The molecule has 0 fully saturated rings. The Morgan fingerprint density at radius 2 is 1.20 bits per heavy atom. The average Bonchev–Trinajstić information content (AvgIpc) is 3.00. The third-order valence-corrected chi connectivity index (χ3v) is 6.14. The van der Waals surface area contributed by atoms with Crippen molar-refractivity contribution in [1.29, 1.82) is 0 Å². The number of rotatable bonds is 7. The van der Waals surface area contributed by atoms with E-state index in [4.69, 9.17) is 4.74 Å². The number of ether oxygens (including phenoxy) is 1. The number of nitrogens with zero attached hydrogens (tertiary/aromatic N) is 4. The summed E-state index contributed by atoms with van der Waals surface area (Å²) in [5, 5.41) is 49.6. The third kappa shape index (κ3) is 7.13. The van der Waals surface area contributed by atoms with Crippen molar-refractivity contribution in [2.45, 2.75) is 6.18 Å². The molecule has 4 N–H and O–H groups in total. The number of alkyl halides is 3. The van der Waals surface area contributed by atoms with Crippen molar-refractivity contribution >= 4 is 46.2 Å². The lowest BCUT2D eigenvalue weighted by Gasteiger charge is -2.35. The summed E-state index contributed by atoms with van der Waals surface area (Å²) in [6.45, 7) is 0. The van der Waals surface area contributed by atoms with Gasteiger partial charge in [-0.3, -0.25) is 20.2 Å². The predicted octanol–water partition coefficient (Wildman–Crippen LogP) is 6.63. The fourth-order valence-corrected chi connectivity index (χ4v) is 4.05. The number of methoxy groups -OCH3 is 1. The monoisotopic (exact) mass is 642 g/mol. The highest BCUT2D eigenvalue weighted by atomic mass is 19.4. The summed E-state index contributed by atoms with van der Waals surface area (Å²) in [5.74, 6) is -1.59. The molecule has 4 amide bonds. The smallest absolute Gasteiger partial charge is 0.416 e. The Balaban J connectivity index is 1.92. The molecule has 0 unspecified atom stereocenters. The molecule has 15 nitrogen and oxygen atoms in total. The molecule has 0 heterocycles. The summed E-state index contributed by atoms with van der Waals surface area (Å²) in [6.07, 6.45) is -4.80. The first kappa shape index (κ1) is 32.3. The van der Waals surface area contributed by atoms with E-state index in [0.717, 1.165) is 42.5 Å². The average molecular weight is 643 g/mol. The SMILES string of the molecule is COc1cccc(NC(=O)N(c2ccc([N+](=O)[O-])cc2O)N(C(=O)Nc2cccc(C(F)(F)F)c2)c2ccc([N+](=O)[O-])cc2O)c1. The molecule has 4 aromatic carbocycles. The number of hydrazine groups is 1. The Morgan fingerprint density at radius 3 is 1.61 bits per heavy atom. The Morgan fingerprint density at radius 1 is 0.739 bits per heavy atom. The molecule has 0 radical (unpaired) electrons. The minimum atomic E-state index is -4.80. The van der Waals surface area contributed by atoms with Gasteiger partial charge in [-0.1, -0.05) is 12.1 Å². The summed E-state index contributed by atoms with van der Waals surface area (Å²) in [7, 11) is 1.35. The first-order chi connectivity index (χ1) is 21.7. The maximum atomic E-state index is 13.9. The molecule has 0 aliphatic rings. The normalized spacial score (nSPS) is 10.9. The molecule has 46 heavy (non-hydrogen) atoms. The highest BCUT2D eigenvalue weighted by Gasteiger charge is 2.35. The van der Waals surface area contributed by atoms with Gasteiger partial charge in [-0.25, -0.2) is 9.59 Å². The lowest BCUT2D eigenvalue weighted by molar-refractivity contribution is -0.385. The van der Waals surface area contributed by atoms with Crippen molar-refractivity contribution in [3.05, 3.63) is 111 Å². The van der Waals surface area contributed by atoms with Gasteiger partial charge in [0.1, 0.15) is 28.6 Å². The molecule has 0 spiro atoms. The van der Waals surface area contributed by atoms with Gasteiger partial charge in [-0.05, 0) is 42.5 Å². The van der Waals surface area contributed by atoms with Crippen LogP contribution in [-0.4, -0.2) is 39.2 Å². The van der Waals surface area contributed by atoms with E-state index in [1.54, 1.807) is 6.07 Å². The zero-order chi connectivity index (χ0) is 33.8. The van der Waals surface area contributed by atoms with Crippen LogP contribution >= 0.6 is 0 Å². The number of halogens is 3. The van der Waals surface area contributed by atoms with E-state index in [1.165, 1.54) is 25.3 Å². The topological polar surface area (TPSA) is 201 Å². The van der Waals surface area contributed by atoms with Crippen LogP contribution < -0.4 is 25.4 Å². The second-order valence-electron chi connectivity index (χ2n) is 9.15. The molecule has 238 valence electrons. The quantitative estimate of drug-likeness (QED) is 0.126. The number of benzene rings is 4. The van der Waals surface area contributed by atoms with E-state index in [-0.39, 0.29) is 11.4 Å². The molecule has 0 aromatic heterocycles. The molecule has 0 saturated carbocycles. The molecule has 0 aliphatic carbocycles. The molecule has 18 heteroatoms. The van der Waals surface area contributed by atoms with Crippen molar-refractivity contribution in [2.24, 2.45) is 0 Å². The Hall–Kier alpha value is -6.59. The fourth-order valence-electron chi connectivity index (χ4n) is 4.05. The van der Waals surface area contributed by atoms with Gasteiger partial charge in [-0.2, -0.15) is 23.2 Å². The number of anilines is 4. The summed E-state index contributed by atoms with van der Waals surface area (Å²) < 4.78 is 45.3. The zero-order valence-electron chi connectivity index (χ0n) is 23.3. The van der Waals surface area contributed by atoms with Crippen LogP contribution in [0.4, 0.5) is 56.9 Å². The van der Waals surface area contributed by atoms with Gasteiger partial charge < -0.3 is 25.6 Å². The van der Waals surface area contributed by atoms with E-state index < -0.39 is 73.6 Å². The molecule has 0 aliphatic heterocycles. The van der Waals surface area contributed by atoms with E-state index in [2.05, 4.69) is 10.6 Å². The van der Waals surface area contributed by atoms with Crippen LogP contribution in [-0.2, 0) is 6.18 Å². The predicted molar refractivity (Wildman–Crippen MR) is 157 cm³/mol. The zero-order valence-corrected chi connectivity index (χ0v) is 23.3. The summed E-state index contributed by atoms with van der Waals surface area (Å²) in [4.78, 5) is 48.7. The molecular formula is C28H21F3N6O9. The molecular weight excluding hydrogens is 621 g/mol. The van der Waals surface area contributed by atoms with Gasteiger partial charge in [0.2, 0.25) is 0 Å². The van der Waals surface area contributed by atoms with Crippen LogP contribution in [0, 0.1) is 20.2 Å². The maximum absolute atomic E-state index is 13.9. The van der Waals surface area contributed by atoms with Crippen LogP contribution in [0.3, 0.4) is 0 Å². The summed E-state index contributed by atoms with van der Waals surface area (Å²) >= 11 is 0. The van der Waals surface area contributed by atoms with Gasteiger partial charge in [0, 0.05) is 29.6 Å². The number of aromatic hydroxyl groups is 2. The minimum absolute atomic E-state index is 0.0712. The number of nitrogens with one attached hydrogen (secondary N) is 2. The number of nitro groups is 2. The second-order valence-corrected chi connectivity index (χ2v) is 9.15. The van der Waals surface area contributed by atoms with Crippen LogP contribution in [0.25, 0.3) is 0 Å². The summed E-state index contributed by atoms with van der Waals surface area (Å²) in [6, 6.07) is 11.3. The highest BCUT2D eigenvalue weighted by Crippen LogP contribution is 2.39. The van der Waals surface area contributed by atoms with E-state index in [9.17, 15) is 53.2 Å². The number of carbonyl (C=O) groups excluding carboxylic acids is 2. The van der Waals surface area contributed by atoms with Gasteiger partial charge in [-0.15, -0.1) is 0 Å². The number of phenols is 2. The first-order valence-electron chi connectivity index (χ1n) is 12.7. The number of urea groups is 2. The van der Waals surface area contributed by atoms with E-state index in [0.29, 0.717) is 28.2 Å². The van der Waals surface area contributed by atoms with Gasteiger partial charge in [0.15, 0.2) is 0 Å².